The summed E-state index contributed by atoms with van der Waals surface area (Å²) in [5.41, 5.74) is 5.30. The molecule has 1 spiro atoms. The predicted molar refractivity (Wildman–Crippen MR) is 111 cm³/mol. The molecule has 0 unspecified atom stereocenters. The molecule has 0 radical (unpaired) electrons. The Balaban J connectivity index is 1.87. The molecule has 136 valence electrons. The van der Waals surface area contributed by atoms with E-state index < -0.39 is 0 Å². The van der Waals surface area contributed by atoms with Gasteiger partial charge < -0.3 is 0 Å². The van der Waals surface area contributed by atoms with E-state index in [9.17, 15) is 4.79 Å². The normalized spacial score (nSPS) is 16.9. The van der Waals surface area contributed by atoms with Crippen LogP contribution < -0.4 is 5.56 Å². The van der Waals surface area contributed by atoms with Crippen molar-refractivity contribution in [3.05, 3.63) is 76.1 Å². The van der Waals surface area contributed by atoms with Crippen molar-refractivity contribution in [1.82, 2.24) is 9.55 Å². The SMILES string of the molecule is CSc1nc2c(c(=O)n1-c1ccccc1)C1(CCCC1)Cc1ccccc1-2. The highest BCUT2D eigenvalue weighted by atomic mass is 32.2. The molecule has 0 N–H and O–H groups in total. The van der Waals surface area contributed by atoms with Gasteiger partial charge in [0.25, 0.3) is 5.56 Å². The van der Waals surface area contributed by atoms with Crippen molar-refractivity contribution in [3.8, 4) is 16.9 Å². The van der Waals surface area contributed by atoms with Crippen LogP contribution in [0.4, 0.5) is 0 Å². The standard InChI is InChI=1S/C23H22N2OS/c1-27-22-24-20-18-12-6-5-9-16(18)15-23(13-7-8-14-23)19(20)21(26)25(22)17-10-3-2-4-11-17/h2-6,9-12H,7-8,13-15H2,1H3. The van der Waals surface area contributed by atoms with E-state index >= 15 is 0 Å². The molecule has 0 atom stereocenters. The number of fused-ring (bicyclic) bond motifs is 4. The Kier molecular flexibility index (Phi) is 3.97. The monoisotopic (exact) mass is 374 g/mol. The Bertz CT molecular complexity index is 1070. The molecule has 5 rings (SSSR count). The third kappa shape index (κ3) is 2.50. The number of benzene rings is 2. The zero-order valence-electron chi connectivity index (χ0n) is 15.4. The van der Waals surface area contributed by atoms with E-state index in [0.717, 1.165) is 46.9 Å². The van der Waals surface area contributed by atoms with Crippen molar-refractivity contribution < 1.29 is 0 Å². The zero-order chi connectivity index (χ0) is 18.4. The molecule has 1 saturated carbocycles. The summed E-state index contributed by atoms with van der Waals surface area (Å²) in [4.78, 5) is 18.9. The lowest BCUT2D eigenvalue weighted by atomic mass is 9.68. The van der Waals surface area contributed by atoms with Gasteiger partial charge in [-0.1, -0.05) is 67.1 Å². The summed E-state index contributed by atoms with van der Waals surface area (Å²) in [7, 11) is 0. The molecule has 2 aliphatic carbocycles. The van der Waals surface area contributed by atoms with Crippen LogP contribution in [0.25, 0.3) is 16.9 Å². The summed E-state index contributed by atoms with van der Waals surface area (Å²) in [6.45, 7) is 0. The van der Waals surface area contributed by atoms with Gasteiger partial charge in [-0.15, -0.1) is 0 Å². The molecule has 2 aromatic carbocycles. The van der Waals surface area contributed by atoms with Gasteiger partial charge in [0.2, 0.25) is 0 Å². The number of hydrogen-bond acceptors (Lipinski definition) is 3. The fourth-order valence-corrected chi connectivity index (χ4v) is 5.51. The van der Waals surface area contributed by atoms with Crippen molar-refractivity contribution in [3.63, 3.8) is 0 Å². The van der Waals surface area contributed by atoms with E-state index in [1.54, 1.807) is 0 Å². The highest BCUT2D eigenvalue weighted by molar-refractivity contribution is 7.98. The van der Waals surface area contributed by atoms with Crippen LogP contribution in [-0.2, 0) is 11.8 Å². The fraction of sp³-hybridized carbons (Fsp3) is 0.304. The summed E-state index contributed by atoms with van der Waals surface area (Å²) in [6.07, 6.45) is 7.50. The second-order valence-electron chi connectivity index (χ2n) is 7.62. The van der Waals surface area contributed by atoms with Crippen LogP contribution in [0.5, 0.6) is 0 Å². The van der Waals surface area contributed by atoms with Gasteiger partial charge in [-0.25, -0.2) is 4.98 Å². The van der Waals surface area contributed by atoms with Crippen molar-refractivity contribution in [2.45, 2.75) is 42.7 Å². The van der Waals surface area contributed by atoms with Crippen molar-refractivity contribution in [1.29, 1.82) is 0 Å². The second-order valence-corrected chi connectivity index (χ2v) is 8.39. The Hall–Kier alpha value is -2.33. The number of rotatable bonds is 2. The largest absolute Gasteiger partial charge is 0.268 e. The lowest BCUT2D eigenvalue weighted by Gasteiger charge is -2.36. The van der Waals surface area contributed by atoms with Gasteiger partial charge in [-0.05, 0) is 43.2 Å². The second kappa shape index (κ2) is 6.38. The van der Waals surface area contributed by atoms with E-state index in [2.05, 4.69) is 24.3 Å². The van der Waals surface area contributed by atoms with Gasteiger partial charge in [-0.3, -0.25) is 9.36 Å². The van der Waals surface area contributed by atoms with Crippen LogP contribution in [0.2, 0.25) is 0 Å². The Labute approximate surface area is 163 Å². The molecule has 1 aromatic heterocycles. The predicted octanol–water partition coefficient (Wildman–Crippen LogP) is 4.99. The lowest BCUT2D eigenvalue weighted by molar-refractivity contribution is 0.422. The average molecular weight is 375 g/mol. The van der Waals surface area contributed by atoms with Crippen LogP contribution in [0, 0.1) is 0 Å². The highest BCUT2D eigenvalue weighted by Gasteiger charge is 2.44. The van der Waals surface area contributed by atoms with E-state index in [1.807, 2.05) is 41.2 Å². The molecule has 0 aliphatic heterocycles. The van der Waals surface area contributed by atoms with Gasteiger partial charge >= 0.3 is 0 Å². The highest BCUT2D eigenvalue weighted by Crippen LogP contribution is 2.50. The van der Waals surface area contributed by atoms with Crippen LogP contribution in [0.1, 0.15) is 36.8 Å². The molecule has 0 saturated heterocycles. The molecule has 3 aromatic rings. The maximum absolute atomic E-state index is 13.9. The number of nitrogens with zero attached hydrogens (tertiary/aromatic N) is 2. The summed E-state index contributed by atoms with van der Waals surface area (Å²) in [5, 5.41) is 0.759. The van der Waals surface area contributed by atoms with E-state index in [-0.39, 0.29) is 11.0 Å². The van der Waals surface area contributed by atoms with Crippen LogP contribution >= 0.6 is 11.8 Å². The molecule has 27 heavy (non-hydrogen) atoms. The van der Waals surface area contributed by atoms with Gasteiger partial charge in [0.05, 0.1) is 16.9 Å². The van der Waals surface area contributed by atoms with Gasteiger partial charge in [-0.2, -0.15) is 0 Å². The van der Waals surface area contributed by atoms with Gasteiger partial charge in [0, 0.05) is 11.0 Å². The molecule has 4 heteroatoms. The number of thioether (sulfide) groups is 1. The summed E-state index contributed by atoms with van der Waals surface area (Å²) >= 11 is 1.53. The third-order valence-electron chi connectivity index (χ3n) is 6.14. The van der Waals surface area contributed by atoms with Crippen molar-refractivity contribution >= 4 is 11.8 Å². The molecule has 3 nitrogen and oxygen atoms in total. The fourth-order valence-electron chi connectivity index (χ4n) is 4.95. The average Bonchev–Trinajstić information content (AvgIpc) is 3.16. The summed E-state index contributed by atoms with van der Waals surface area (Å²) in [6, 6.07) is 18.4. The topological polar surface area (TPSA) is 34.9 Å². The number of aromatic nitrogens is 2. The van der Waals surface area contributed by atoms with Crippen molar-refractivity contribution in [2.24, 2.45) is 0 Å². The molecule has 2 aliphatic rings. The molecule has 1 heterocycles. The molecule has 0 amide bonds. The third-order valence-corrected chi connectivity index (χ3v) is 6.78. The molecular weight excluding hydrogens is 352 g/mol. The maximum atomic E-state index is 13.9. The zero-order valence-corrected chi connectivity index (χ0v) is 16.3. The minimum absolute atomic E-state index is 0.0543. The lowest BCUT2D eigenvalue weighted by Crippen LogP contribution is -2.40. The Morgan fingerprint density at radius 2 is 1.70 bits per heavy atom. The Morgan fingerprint density at radius 1 is 1.00 bits per heavy atom. The molecule has 1 fully saturated rings. The minimum atomic E-state index is -0.0543. The van der Waals surface area contributed by atoms with Gasteiger partial charge in [0.15, 0.2) is 5.16 Å². The smallest absolute Gasteiger partial charge is 0.263 e. The number of para-hydroxylation sites is 1. The molecular formula is C23H22N2OS. The van der Waals surface area contributed by atoms with Crippen LogP contribution in [0.3, 0.4) is 0 Å². The summed E-state index contributed by atoms with van der Waals surface area (Å²) in [5.74, 6) is 0. The first-order chi connectivity index (χ1) is 13.2. The quantitative estimate of drug-likeness (QED) is 0.468. The first-order valence-corrected chi connectivity index (χ1v) is 10.8. The van der Waals surface area contributed by atoms with Gasteiger partial charge in [0.1, 0.15) is 0 Å². The summed E-state index contributed by atoms with van der Waals surface area (Å²) < 4.78 is 1.82. The van der Waals surface area contributed by atoms with Crippen molar-refractivity contribution in [2.75, 3.05) is 6.26 Å². The van der Waals surface area contributed by atoms with E-state index in [1.165, 1.54) is 30.2 Å². The first-order valence-electron chi connectivity index (χ1n) is 9.59. The Morgan fingerprint density at radius 3 is 2.44 bits per heavy atom. The van der Waals surface area contributed by atoms with E-state index in [4.69, 9.17) is 4.98 Å². The minimum Gasteiger partial charge on any atom is -0.268 e. The molecule has 0 bridgehead atoms. The van der Waals surface area contributed by atoms with Crippen LogP contribution in [-0.4, -0.2) is 15.8 Å². The van der Waals surface area contributed by atoms with Crippen LogP contribution in [0.15, 0.2) is 64.5 Å². The van der Waals surface area contributed by atoms with E-state index in [0.29, 0.717) is 0 Å². The maximum Gasteiger partial charge on any atom is 0.263 e. The first kappa shape index (κ1) is 16.8. The number of hydrogen-bond donors (Lipinski definition) is 0.